The van der Waals surface area contributed by atoms with Crippen molar-refractivity contribution in [3.05, 3.63) is 53.1 Å². The molecular weight excluding hydrogens is 286 g/mol. The van der Waals surface area contributed by atoms with E-state index in [1.165, 1.54) is 11.1 Å². The first kappa shape index (κ1) is 13.6. The molecule has 0 bridgehead atoms. The van der Waals surface area contributed by atoms with E-state index in [9.17, 15) is 0 Å². The summed E-state index contributed by atoms with van der Waals surface area (Å²) in [4.78, 5) is 0.915. The molecule has 0 saturated heterocycles. The summed E-state index contributed by atoms with van der Waals surface area (Å²) in [5.74, 6) is 0. The van der Waals surface area contributed by atoms with Crippen LogP contribution in [0.15, 0.2) is 42.5 Å². The van der Waals surface area contributed by atoms with Gasteiger partial charge in [-0.1, -0.05) is 55.9 Å². The van der Waals surface area contributed by atoms with E-state index in [4.69, 9.17) is 23.8 Å². The molecule has 0 spiro atoms. The summed E-state index contributed by atoms with van der Waals surface area (Å²) < 4.78 is 0. The molecule has 0 saturated carbocycles. The normalized spacial score (nSPS) is 16.4. The summed E-state index contributed by atoms with van der Waals surface area (Å²) in [6, 6.07) is 14.4. The van der Waals surface area contributed by atoms with Crippen LogP contribution in [-0.2, 0) is 5.41 Å². The molecular formula is C17H16ClNS. The van der Waals surface area contributed by atoms with E-state index < -0.39 is 0 Å². The van der Waals surface area contributed by atoms with Gasteiger partial charge < -0.3 is 5.32 Å². The first-order valence-corrected chi connectivity index (χ1v) is 7.45. The van der Waals surface area contributed by atoms with Crippen molar-refractivity contribution in [2.75, 3.05) is 5.32 Å². The first-order valence-electron chi connectivity index (χ1n) is 6.66. The van der Waals surface area contributed by atoms with E-state index in [1.54, 1.807) is 0 Å². The molecule has 1 heterocycles. The van der Waals surface area contributed by atoms with E-state index >= 15 is 0 Å². The fraction of sp³-hybridized carbons (Fsp3) is 0.235. The van der Waals surface area contributed by atoms with Crippen LogP contribution >= 0.6 is 23.8 Å². The van der Waals surface area contributed by atoms with Crippen molar-refractivity contribution in [3.8, 4) is 11.1 Å². The molecule has 0 aromatic heterocycles. The molecule has 0 unspecified atom stereocenters. The predicted octanol–water partition coefficient (Wildman–Crippen LogP) is 5.43. The maximum absolute atomic E-state index is 6.08. The lowest BCUT2D eigenvalue weighted by Gasteiger charge is -2.34. The van der Waals surface area contributed by atoms with Gasteiger partial charge >= 0.3 is 0 Å². The number of anilines is 1. The molecule has 1 nitrogen and oxygen atoms in total. The Morgan fingerprint density at radius 3 is 2.60 bits per heavy atom. The molecule has 1 aliphatic heterocycles. The van der Waals surface area contributed by atoms with Gasteiger partial charge in [0.2, 0.25) is 0 Å². The van der Waals surface area contributed by atoms with Gasteiger partial charge in [-0.3, -0.25) is 0 Å². The molecule has 20 heavy (non-hydrogen) atoms. The van der Waals surface area contributed by atoms with Gasteiger partial charge in [0.15, 0.2) is 0 Å². The SMILES string of the molecule is CC1(C)CC(=S)Nc2ccc(-c3cccc(Cl)c3)cc21. The maximum atomic E-state index is 6.08. The van der Waals surface area contributed by atoms with E-state index in [-0.39, 0.29) is 5.41 Å². The molecule has 0 fully saturated rings. The summed E-state index contributed by atoms with van der Waals surface area (Å²) in [6.45, 7) is 4.47. The Labute approximate surface area is 130 Å². The fourth-order valence-electron chi connectivity index (χ4n) is 2.75. The zero-order chi connectivity index (χ0) is 14.3. The minimum atomic E-state index is 0.0618. The Balaban J connectivity index is 2.12. The molecule has 102 valence electrons. The second-order valence-electron chi connectivity index (χ2n) is 5.88. The maximum Gasteiger partial charge on any atom is 0.0806 e. The molecule has 0 amide bonds. The molecule has 2 aromatic carbocycles. The number of hydrogen-bond donors (Lipinski definition) is 1. The lowest BCUT2D eigenvalue weighted by atomic mass is 9.77. The predicted molar refractivity (Wildman–Crippen MR) is 90.8 cm³/mol. The number of thiocarbonyl (C=S) groups is 1. The topological polar surface area (TPSA) is 12.0 Å². The second-order valence-corrected chi connectivity index (χ2v) is 6.81. The quantitative estimate of drug-likeness (QED) is 0.705. The third-order valence-corrected chi connectivity index (χ3v) is 4.26. The van der Waals surface area contributed by atoms with Crippen LogP contribution in [0.5, 0.6) is 0 Å². The average molecular weight is 302 g/mol. The van der Waals surface area contributed by atoms with E-state index in [0.717, 1.165) is 27.7 Å². The molecule has 1 N–H and O–H groups in total. The summed E-state index contributed by atoms with van der Waals surface area (Å²) in [5, 5.41) is 4.07. The van der Waals surface area contributed by atoms with E-state index in [1.807, 2.05) is 18.2 Å². The molecule has 2 aromatic rings. The minimum absolute atomic E-state index is 0.0618. The van der Waals surface area contributed by atoms with Crippen LogP contribution in [0.2, 0.25) is 5.02 Å². The Morgan fingerprint density at radius 1 is 1.10 bits per heavy atom. The lowest BCUT2D eigenvalue weighted by Crippen LogP contribution is -2.31. The number of benzene rings is 2. The third-order valence-electron chi connectivity index (χ3n) is 3.78. The Hall–Kier alpha value is -1.38. The van der Waals surface area contributed by atoms with E-state index in [2.05, 4.69) is 43.4 Å². The molecule has 3 rings (SSSR count). The number of fused-ring (bicyclic) bond motifs is 1. The third kappa shape index (κ3) is 2.46. The highest BCUT2D eigenvalue weighted by Gasteiger charge is 2.30. The van der Waals surface area contributed by atoms with Crippen molar-refractivity contribution < 1.29 is 0 Å². The zero-order valence-electron chi connectivity index (χ0n) is 11.5. The van der Waals surface area contributed by atoms with Gasteiger partial charge in [0.05, 0.1) is 4.99 Å². The zero-order valence-corrected chi connectivity index (χ0v) is 13.1. The molecule has 3 heteroatoms. The van der Waals surface area contributed by atoms with Crippen molar-refractivity contribution in [3.63, 3.8) is 0 Å². The van der Waals surface area contributed by atoms with Gasteiger partial charge in [-0.2, -0.15) is 0 Å². The highest BCUT2D eigenvalue weighted by Crippen LogP contribution is 2.39. The van der Waals surface area contributed by atoms with Gasteiger partial charge in [-0.15, -0.1) is 0 Å². The van der Waals surface area contributed by atoms with Crippen LogP contribution < -0.4 is 5.32 Å². The second kappa shape index (κ2) is 4.87. The van der Waals surface area contributed by atoms with Crippen molar-refractivity contribution in [1.82, 2.24) is 0 Å². The van der Waals surface area contributed by atoms with Crippen LogP contribution in [0.25, 0.3) is 11.1 Å². The minimum Gasteiger partial charge on any atom is -0.350 e. The van der Waals surface area contributed by atoms with Crippen LogP contribution in [0.3, 0.4) is 0 Å². The number of nitrogens with one attached hydrogen (secondary N) is 1. The number of rotatable bonds is 1. The van der Waals surface area contributed by atoms with Gasteiger partial charge in [-0.25, -0.2) is 0 Å². The Morgan fingerprint density at radius 2 is 1.85 bits per heavy atom. The Kier molecular flexibility index (Phi) is 3.31. The summed E-state index contributed by atoms with van der Waals surface area (Å²) in [6.07, 6.45) is 0.883. The fourth-order valence-corrected chi connectivity index (χ4v) is 3.41. The van der Waals surface area contributed by atoms with Crippen molar-refractivity contribution in [2.24, 2.45) is 0 Å². The summed E-state index contributed by atoms with van der Waals surface area (Å²) >= 11 is 11.4. The smallest absolute Gasteiger partial charge is 0.0806 e. The van der Waals surface area contributed by atoms with Crippen LogP contribution in [0.1, 0.15) is 25.8 Å². The average Bonchev–Trinajstić information content (AvgIpc) is 2.37. The van der Waals surface area contributed by atoms with Gasteiger partial charge in [0, 0.05) is 17.1 Å². The molecule has 0 atom stereocenters. The van der Waals surface area contributed by atoms with Crippen molar-refractivity contribution in [2.45, 2.75) is 25.7 Å². The van der Waals surface area contributed by atoms with E-state index in [0.29, 0.717) is 0 Å². The summed E-state index contributed by atoms with van der Waals surface area (Å²) in [7, 11) is 0. The highest BCUT2D eigenvalue weighted by molar-refractivity contribution is 7.80. The summed E-state index contributed by atoms with van der Waals surface area (Å²) in [5.41, 5.74) is 4.82. The van der Waals surface area contributed by atoms with Crippen molar-refractivity contribution in [1.29, 1.82) is 0 Å². The van der Waals surface area contributed by atoms with Gasteiger partial charge in [-0.05, 0) is 46.4 Å². The molecule has 0 aliphatic carbocycles. The first-order chi connectivity index (χ1) is 9.45. The molecule has 1 aliphatic rings. The number of hydrogen-bond acceptors (Lipinski definition) is 1. The van der Waals surface area contributed by atoms with Gasteiger partial charge in [0.1, 0.15) is 0 Å². The van der Waals surface area contributed by atoms with Crippen LogP contribution in [-0.4, -0.2) is 4.99 Å². The standard InChI is InChI=1S/C17H16ClNS/c1-17(2)10-16(20)19-15-7-6-12(9-14(15)17)11-4-3-5-13(18)8-11/h3-9H,10H2,1-2H3,(H,19,20). The largest absolute Gasteiger partial charge is 0.350 e. The van der Waals surface area contributed by atoms with Gasteiger partial charge in [0.25, 0.3) is 0 Å². The molecule has 0 radical (unpaired) electrons. The van der Waals surface area contributed by atoms with Crippen molar-refractivity contribution >= 4 is 34.5 Å². The van der Waals surface area contributed by atoms with Crippen LogP contribution in [0.4, 0.5) is 5.69 Å². The lowest BCUT2D eigenvalue weighted by molar-refractivity contribution is 0.547. The number of halogens is 1. The monoisotopic (exact) mass is 301 g/mol. The Bertz CT molecular complexity index is 691. The highest BCUT2D eigenvalue weighted by atomic mass is 35.5. The van der Waals surface area contributed by atoms with Crippen LogP contribution in [0, 0.1) is 0 Å².